The van der Waals surface area contributed by atoms with Crippen LogP contribution in [0, 0.1) is 36.5 Å². The number of hydrogen-bond acceptors (Lipinski definition) is 2. The molecule has 3 heteroatoms. The first kappa shape index (κ1) is 12.8. The van der Waals surface area contributed by atoms with Gasteiger partial charge in [0.25, 0.3) is 0 Å². The van der Waals surface area contributed by atoms with Crippen LogP contribution >= 0.6 is 27.3 Å². The number of fused-ring (bicyclic) bond motifs is 5. The van der Waals surface area contributed by atoms with Gasteiger partial charge in [-0.3, -0.25) is 0 Å². The molecule has 5 unspecified atom stereocenters. The largest absolute Gasteiger partial charge is 0.309 e. The zero-order valence-corrected chi connectivity index (χ0v) is 14.1. The van der Waals surface area contributed by atoms with Gasteiger partial charge in [-0.1, -0.05) is 6.92 Å². The van der Waals surface area contributed by atoms with Crippen molar-refractivity contribution >= 4 is 27.3 Å². The Bertz CT molecular complexity index is 461. The van der Waals surface area contributed by atoms with E-state index in [1.54, 1.807) is 11.3 Å². The molecule has 3 saturated carbocycles. The van der Waals surface area contributed by atoms with Crippen molar-refractivity contribution in [1.29, 1.82) is 0 Å². The number of hydrogen-bond donors (Lipinski definition) is 1. The van der Waals surface area contributed by atoms with E-state index in [0.717, 1.165) is 36.1 Å². The molecule has 1 heterocycles. The fourth-order valence-corrected chi connectivity index (χ4v) is 6.83. The van der Waals surface area contributed by atoms with Crippen LogP contribution in [-0.2, 0) is 0 Å². The highest BCUT2D eigenvalue weighted by molar-refractivity contribution is 9.11. The molecule has 3 aliphatic rings. The first-order valence-corrected chi connectivity index (χ1v) is 9.31. The molecule has 2 bridgehead atoms. The third-order valence-electron chi connectivity index (χ3n) is 5.79. The van der Waals surface area contributed by atoms with Crippen LogP contribution in [0.3, 0.4) is 0 Å². The molecule has 0 aromatic carbocycles. The van der Waals surface area contributed by atoms with Crippen molar-refractivity contribution in [2.24, 2.45) is 29.6 Å². The van der Waals surface area contributed by atoms with E-state index in [1.807, 2.05) is 11.3 Å². The highest BCUT2D eigenvalue weighted by atomic mass is 79.9. The Morgan fingerprint density at radius 2 is 2.05 bits per heavy atom. The maximum Gasteiger partial charge on any atom is 0.0731 e. The fraction of sp³-hybridized carbons (Fsp3) is 0.750. The highest BCUT2D eigenvalue weighted by Crippen LogP contribution is 2.72. The second-order valence-electron chi connectivity index (χ2n) is 6.71. The lowest BCUT2D eigenvalue weighted by molar-refractivity contribution is 0.378. The number of halogens is 1. The summed E-state index contributed by atoms with van der Waals surface area (Å²) in [4.78, 5) is 1.56. The van der Waals surface area contributed by atoms with Crippen molar-refractivity contribution in [2.75, 3.05) is 6.54 Å². The predicted octanol–water partition coefficient (Wildman–Crippen LogP) is 4.76. The molecule has 0 amide bonds. The topological polar surface area (TPSA) is 12.0 Å². The Labute approximate surface area is 128 Å². The van der Waals surface area contributed by atoms with Crippen molar-refractivity contribution in [2.45, 2.75) is 39.2 Å². The zero-order valence-electron chi connectivity index (χ0n) is 11.7. The first-order chi connectivity index (χ1) is 9.20. The van der Waals surface area contributed by atoms with Crippen LogP contribution in [0.5, 0.6) is 0 Å². The van der Waals surface area contributed by atoms with Gasteiger partial charge in [0.2, 0.25) is 0 Å². The van der Waals surface area contributed by atoms with Crippen LogP contribution in [0.2, 0.25) is 0 Å². The second-order valence-corrected chi connectivity index (χ2v) is 9.11. The number of rotatable bonds is 4. The Balaban J connectivity index is 1.60. The number of nitrogens with one attached hydrogen (secondary N) is 1. The lowest BCUT2D eigenvalue weighted by Crippen LogP contribution is -2.24. The zero-order chi connectivity index (χ0) is 13.1. The molecular weight excluding hydrogens is 318 g/mol. The van der Waals surface area contributed by atoms with Crippen molar-refractivity contribution in [1.82, 2.24) is 5.32 Å². The number of aryl methyl sites for hydroxylation is 1. The summed E-state index contributed by atoms with van der Waals surface area (Å²) in [6.07, 6.45) is 4.60. The minimum absolute atomic E-state index is 0.624. The maximum atomic E-state index is 3.79. The van der Waals surface area contributed by atoms with E-state index in [2.05, 4.69) is 41.2 Å². The summed E-state index contributed by atoms with van der Waals surface area (Å²) in [5.41, 5.74) is 1.40. The van der Waals surface area contributed by atoms with Gasteiger partial charge in [0.1, 0.15) is 0 Å². The monoisotopic (exact) mass is 339 g/mol. The third-order valence-corrected chi connectivity index (χ3v) is 8.01. The smallest absolute Gasteiger partial charge is 0.0731 e. The Morgan fingerprint density at radius 3 is 2.58 bits per heavy atom. The van der Waals surface area contributed by atoms with Gasteiger partial charge in [0, 0.05) is 10.9 Å². The maximum absolute atomic E-state index is 3.79. The second kappa shape index (κ2) is 4.57. The van der Waals surface area contributed by atoms with Gasteiger partial charge >= 0.3 is 0 Å². The van der Waals surface area contributed by atoms with E-state index in [9.17, 15) is 0 Å². The van der Waals surface area contributed by atoms with Crippen LogP contribution < -0.4 is 5.32 Å². The Kier molecular flexibility index (Phi) is 3.09. The van der Waals surface area contributed by atoms with E-state index in [1.165, 1.54) is 22.2 Å². The number of thiophene rings is 1. The SMILES string of the molecule is CCNC(c1cc(C)c(Br)s1)C1C2C3CCC(C3)C21. The summed E-state index contributed by atoms with van der Waals surface area (Å²) in [5, 5.41) is 3.79. The molecule has 4 rings (SSSR count). The predicted molar refractivity (Wildman–Crippen MR) is 84.5 cm³/mol. The minimum atomic E-state index is 0.624. The van der Waals surface area contributed by atoms with E-state index >= 15 is 0 Å². The summed E-state index contributed by atoms with van der Waals surface area (Å²) >= 11 is 5.64. The molecule has 0 saturated heterocycles. The van der Waals surface area contributed by atoms with Gasteiger partial charge in [-0.05, 0) is 89.9 Å². The molecule has 0 radical (unpaired) electrons. The molecular formula is C16H22BrNS. The lowest BCUT2D eigenvalue weighted by atomic mass is 9.96. The Hall–Kier alpha value is 0.140. The van der Waals surface area contributed by atoms with Gasteiger partial charge in [0.05, 0.1) is 3.79 Å². The molecule has 1 aromatic heterocycles. The first-order valence-electron chi connectivity index (χ1n) is 7.70. The van der Waals surface area contributed by atoms with Gasteiger partial charge in [-0.15, -0.1) is 11.3 Å². The minimum Gasteiger partial charge on any atom is -0.309 e. The van der Waals surface area contributed by atoms with E-state index in [0.29, 0.717) is 6.04 Å². The highest BCUT2D eigenvalue weighted by Gasteiger charge is 2.66. The summed E-state index contributed by atoms with van der Waals surface area (Å²) in [6, 6.07) is 3.02. The normalized spacial score (nSPS) is 40.5. The van der Waals surface area contributed by atoms with Gasteiger partial charge < -0.3 is 5.32 Å². The standard InChI is InChI=1S/C16H22BrNS/c1-3-18-15(11-6-8(2)16(17)19-11)14-12-9-4-5-10(7-9)13(12)14/h6,9-10,12-15,18H,3-5,7H2,1-2H3. The van der Waals surface area contributed by atoms with Crippen LogP contribution in [0.4, 0.5) is 0 Å². The van der Waals surface area contributed by atoms with Crippen molar-refractivity contribution < 1.29 is 0 Å². The van der Waals surface area contributed by atoms with Crippen molar-refractivity contribution in [3.05, 3.63) is 20.3 Å². The summed E-state index contributed by atoms with van der Waals surface area (Å²) in [6.45, 7) is 5.55. The average Bonchev–Trinajstić information content (AvgIpc) is 2.72. The summed E-state index contributed by atoms with van der Waals surface area (Å²) in [7, 11) is 0. The molecule has 5 atom stereocenters. The molecule has 1 N–H and O–H groups in total. The molecule has 0 spiro atoms. The van der Waals surface area contributed by atoms with E-state index in [-0.39, 0.29) is 0 Å². The molecule has 1 aromatic rings. The van der Waals surface area contributed by atoms with Gasteiger partial charge in [-0.25, -0.2) is 0 Å². The lowest BCUT2D eigenvalue weighted by Gasteiger charge is -2.20. The fourth-order valence-electron chi connectivity index (χ4n) is 5.12. The van der Waals surface area contributed by atoms with Crippen LogP contribution in [-0.4, -0.2) is 6.54 Å². The molecule has 19 heavy (non-hydrogen) atoms. The van der Waals surface area contributed by atoms with Crippen LogP contribution in [0.1, 0.15) is 42.7 Å². The Morgan fingerprint density at radius 1 is 1.37 bits per heavy atom. The molecule has 3 aliphatic carbocycles. The molecule has 3 fully saturated rings. The molecule has 1 nitrogen and oxygen atoms in total. The molecule has 104 valence electrons. The van der Waals surface area contributed by atoms with Gasteiger partial charge in [-0.2, -0.15) is 0 Å². The van der Waals surface area contributed by atoms with Crippen molar-refractivity contribution in [3.63, 3.8) is 0 Å². The van der Waals surface area contributed by atoms with Crippen LogP contribution in [0.25, 0.3) is 0 Å². The summed E-state index contributed by atoms with van der Waals surface area (Å²) < 4.78 is 1.32. The van der Waals surface area contributed by atoms with Crippen LogP contribution in [0.15, 0.2) is 9.85 Å². The third kappa shape index (κ3) is 1.88. The molecule has 0 aliphatic heterocycles. The van der Waals surface area contributed by atoms with E-state index in [4.69, 9.17) is 0 Å². The van der Waals surface area contributed by atoms with E-state index < -0.39 is 0 Å². The quantitative estimate of drug-likeness (QED) is 0.833. The average molecular weight is 340 g/mol. The van der Waals surface area contributed by atoms with Gasteiger partial charge in [0.15, 0.2) is 0 Å². The van der Waals surface area contributed by atoms with Crippen molar-refractivity contribution in [3.8, 4) is 0 Å². The summed E-state index contributed by atoms with van der Waals surface area (Å²) in [5.74, 6) is 5.21.